The molecular weight excluding hydrogens is 311 g/mol. The Morgan fingerprint density at radius 3 is 2.50 bits per heavy atom. The van der Waals surface area contributed by atoms with Gasteiger partial charge in [0.25, 0.3) is 0 Å². The van der Waals surface area contributed by atoms with Crippen molar-refractivity contribution in [2.45, 2.75) is 25.3 Å². The van der Waals surface area contributed by atoms with E-state index in [2.05, 4.69) is 0 Å². The van der Waals surface area contributed by atoms with Crippen LogP contribution in [0.2, 0.25) is 0 Å². The Balaban J connectivity index is 0.00000242. The molecule has 5 nitrogen and oxygen atoms in total. The molecule has 1 heterocycles. The zero-order valence-corrected chi connectivity index (χ0v) is 13.3. The van der Waals surface area contributed by atoms with Crippen molar-refractivity contribution in [2.75, 3.05) is 13.1 Å². The van der Waals surface area contributed by atoms with Crippen LogP contribution in [-0.4, -0.2) is 40.5 Å². The minimum absolute atomic E-state index is 0. The second-order valence-electron chi connectivity index (χ2n) is 6.04. The summed E-state index contributed by atoms with van der Waals surface area (Å²) in [5, 5.41) is 9.35. The van der Waals surface area contributed by atoms with Gasteiger partial charge in [0.15, 0.2) is 0 Å². The predicted molar refractivity (Wildman–Crippen MR) is 82.4 cm³/mol. The molecule has 2 atom stereocenters. The summed E-state index contributed by atoms with van der Waals surface area (Å²) in [4.78, 5) is 25.1. The lowest BCUT2D eigenvalue weighted by Crippen LogP contribution is -2.50. The van der Waals surface area contributed by atoms with Gasteiger partial charge in [0.1, 0.15) is 5.82 Å². The second-order valence-corrected chi connectivity index (χ2v) is 6.04. The number of nitrogens with zero attached hydrogens (tertiary/aromatic N) is 1. The summed E-state index contributed by atoms with van der Waals surface area (Å²) in [5.74, 6) is -2.88. The Morgan fingerprint density at radius 1 is 1.36 bits per heavy atom. The number of carbonyl (C=O) groups excluding carboxylic acids is 1. The van der Waals surface area contributed by atoms with Gasteiger partial charge in [0.2, 0.25) is 5.91 Å². The van der Waals surface area contributed by atoms with E-state index in [-0.39, 0.29) is 31.4 Å². The van der Waals surface area contributed by atoms with Crippen LogP contribution in [0.4, 0.5) is 4.39 Å². The molecule has 22 heavy (non-hydrogen) atoms. The smallest absolute Gasteiger partial charge is 0.308 e. The molecule has 122 valence electrons. The molecule has 3 N–H and O–H groups in total. The number of amides is 1. The van der Waals surface area contributed by atoms with Crippen molar-refractivity contribution in [1.82, 2.24) is 4.90 Å². The Kier molecular flexibility index (Phi) is 5.54. The first kappa shape index (κ1) is 18.4. The van der Waals surface area contributed by atoms with E-state index in [4.69, 9.17) is 5.73 Å². The minimum Gasteiger partial charge on any atom is -0.481 e. The molecule has 0 bridgehead atoms. The van der Waals surface area contributed by atoms with Gasteiger partial charge in [0, 0.05) is 19.0 Å². The third-order valence-corrected chi connectivity index (χ3v) is 3.75. The topological polar surface area (TPSA) is 83.6 Å². The van der Waals surface area contributed by atoms with Gasteiger partial charge in [-0.05, 0) is 31.5 Å². The van der Waals surface area contributed by atoms with Gasteiger partial charge < -0.3 is 15.7 Å². The maximum absolute atomic E-state index is 13.3. The molecule has 0 aromatic heterocycles. The fraction of sp³-hybridized carbons (Fsp3) is 0.467. The maximum atomic E-state index is 13.3. The molecule has 7 heteroatoms. The highest BCUT2D eigenvalue weighted by Gasteiger charge is 2.42. The SMILES string of the molecule is CC(C)(N)C(=O)N1C[C@@H](C(=O)O)[C@H](c2cccc(F)c2)C1.Cl. The highest BCUT2D eigenvalue weighted by Crippen LogP contribution is 2.34. The summed E-state index contributed by atoms with van der Waals surface area (Å²) in [6.45, 7) is 3.50. The lowest BCUT2D eigenvalue weighted by molar-refractivity contribution is -0.142. The lowest BCUT2D eigenvalue weighted by atomic mass is 9.89. The van der Waals surface area contributed by atoms with E-state index in [0.29, 0.717) is 5.56 Å². The molecular formula is C15H20ClFN2O3. The number of carboxylic acids is 1. The van der Waals surface area contributed by atoms with Gasteiger partial charge in [-0.3, -0.25) is 9.59 Å². The molecule has 0 unspecified atom stereocenters. The zero-order valence-electron chi connectivity index (χ0n) is 12.5. The number of carboxylic acid groups (broad SMARTS) is 1. The van der Waals surface area contributed by atoms with Gasteiger partial charge in [-0.2, -0.15) is 0 Å². The van der Waals surface area contributed by atoms with Crippen LogP contribution < -0.4 is 5.73 Å². The number of rotatable bonds is 3. The van der Waals surface area contributed by atoms with Crippen molar-refractivity contribution in [2.24, 2.45) is 11.7 Å². The fourth-order valence-corrected chi connectivity index (χ4v) is 2.70. The van der Waals surface area contributed by atoms with Gasteiger partial charge in [0.05, 0.1) is 11.5 Å². The molecule has 0 saturated carbocycles. The summed E-state index contributed by atoms with van der Waals surface area (Å²) in [6, 6.07) is 5.86. The Labute approximate surface area is 134 Å². The van der Waals surface area contributed by atoms with E-state index >= 15 is 0 Å². The summed E-state index contributed by atoms with van der Waals surface area (Å²) >= 11 is 0. The normalized spacial score (nSPS) is 21.4. The van der Waals surface area contributed by atoms with E-state index < -0.39 is 29.2 Å². The van der Waals surface area contributed by atoms with Gasteiger partial charge in [-0.1, -0.05) is 12.1 Å². The minimum atomic E-state index is -1.06. The number of hydrogen-bond donors (Lipinski definition) is 2. The standard InChI is InChI=1S/C15H19FN2O3.ClH/c1-15(2,17)14(21)18-7-11(12(8-18)13(19)20)9-4-3-5-10(16)6-9;/h3-6,11-12H,7-8,17H2,1-2H3,(H,19,20);1H/t11-,12+;/m0./s1. The molecule has 1 aromatic rings. The monoisotopic (exact) mass is 330 g/mol. The van der Waals surface area contributed by atoms with Crippen molar-refractivity contribution < 1.29 is 19.1 Å². The Morgan fingerprint density at radius 2 is 2.00 bits per heavy atom. The van der Waals surface area contributed by atoms with Crippen LogP contribution in [0.25, 0.3) is 0 Å². The number of carbonyl (C=O) groups is 2. The zero-order chi connectivity index (χ0) is 15.8. The average Bonchev–Trinajstić information content (AvgIpc) is 2.81. The third kappa shape index (κ3) is 3.75. The third-order valence-electron chi connectivity index (χ3n) is 3.75. The summed E-state index contributed by atoms with van der Waals surface area (Å²) in [6.07, 6.45) is 0. The first-order valence-electron chi connectivity index (χ1n) is 6.76. The molecule has 1 amide bonds. The second kappa shape index (κ2) is 6.62. The van der Waals surface area contributed by atoms with E-state index in [1.807, 2.05) is 0 Å². The van der Waals surface area contributed by atoms with E-state index in [1.54, 1.807) is 26.0 Å². The maximum Gasteiger partial charge on any atom is 0.308 e. The van der Waals surface area contributed by atoms with Crippen LogP contribution >= 0.6 is 12.4 Å². The first-order chi connectivity index (χ1) is 9.70. The van der Waals surface area contributed by atoms with Crippen LogP contribution in [0.1, 0.15) is 25.3 Å². The van der Waals surface area contributed by atoms with Crippen molar-refractivity contribution in [1.29, 1.82) is 0 Å². The number of hydrogen-bond acceptors (Lipinski definition) is 3. The van der Waals surface area contributed by atoms with E-state index in [9.17, 15) is 19.1 Å². The largest absolute Gasteiger partial charge is 0.481 e. The molecule has 1 aromatic carbocycles. The highest BCUT2D eigenvalue weighted by molar-refractivity contribution is 5.86. The quantitative estimate of drug-likeness (QED) is 0.882. The number of benzene rings is 1. The Hall–Kier alpha value is -1.66. The number of nitrogens with two attached hydrogens (primary N) is 1. The fourth-order valence-electron chi connectivity index (χ4n) is 2.70. The van der Waals surface area contributed by atoms with E-state index in [0.717, 1.165) is 0 Å². The molecule has 1 aliphatic rings. The van der Waals surface area contributed by atoms with Crippen molar-refractivity contribution in [3.63, 3.8) is 0 Å². The Bertz CT molecular complexity index is 574. The number of aliphatic carboxylic acids is 1. The molecule has 0 radical (unpaired) electrons. The first-order valence-corrected chi connectivity index (χ1v) is 6.76. The lowest BCUT2D eigenvalue weighted by Gasteiger charge is -2.25. The molecule has 0 aliphatic carbocycles. The van der Waals surface area contributed by atoms with Crippen LogP contribution in [-0.2, 0) is 9.59 Å². The number of halogens is 2. The van der Waals surface area contributed by atoms with Crippen molar-refractivity contribution in [3.05, 3.63) is 35.6 Å². The molecule has 2 rings (SSSR count). The van der Waals surface area contributed by atoms with Crippen LogP contribution in [0.3, 0.4) is 0 Å². The number of likely N-dealkylation sites (tertiary alicyclic amines) is 1. The van der Waals surface area contributed by atoms with Gasteiger partial charge >= 0.3 is 5.97 Å². The summed E-state index contributed by atoms with van der Waals surface area (Å²) < 4.78 is 13.3. The average molecular weight is 331 g/mol. The van der Waals surface area contributed by atoms with Gasteiger partial charge in [-0.25, -0.2) is 4.39 Å². The summed E-state index contributed by atoms with van der Waals surface area (Å²) in [7, 11) is 0. The molecule has 0 spiro atoms. The predicted octanol–water partition coefficient (Wildman–Crippen LogP) is 1.61. The molecule has 1 fully saturated rings. The molecule has 1 aliphatic heterocycles. The van der Waals surface area contributed by atoms with Gasteiger partial charge in [-0.15, -0.1) is 12.4 Å². The van der Waals surface area contributed by atoms with E-state index in [1.165, 1.54) is 17.0 Å². The van der Waals surface area contributed by atoms with Crippen LogP contribution in [0.15, 0.2) is 24.3 Å². The molecule has 1 saturated heterocycles. The van der Waals surface area contributed by atoms with Crippen LogP contribution in [0, 0.1) is 11.7 Å². The van der Waals surface area contributed by atoms with Crippen molar-refractivity contribution >= 4 is 24.3 Å². The van der Waals surface area contributed by atoms with Crippen molar-refractivity contribution in [3.8, 4) is 0 Å². The highest BCUT2D eigenvalue weighted by atomic mass is 35.5. The van der Waals surface area contributed by atoms with Crippen LogP contribution in [0.5, 0.6) is 0 Å². The summed E-state index contributed by atoms with van der Waals surface area (Å²) in [5.41, 5.74) is 5.32.